The predicted octanol–water partition coefficient (Wildman–Crippen LogP) is 3.97. The van der Waals surface area contributed by atoms with Crippen LogP contribution in [0.2, 0.25) is 0 Å². The van der Waals surface area contributed by atoms with Gasteiger partial charge in [-0.15, -0.1) is 0 Å². The largest absolute Gasteiger partial charge is 0.492 e. The smallest absolute Gasteiger partial charge is 0.231 e. The van der Waals surface area contributed by atoms with Gasteiger partial charge in [-0.3, -0.25) is 4.79 Å². The standard InChI is InChI=1S/C26H35NO4/c1-17(2)6-5-7-18-8-10-19(11-9-18)22(28)15-21-24-20(12-13-27(21)3)14-23-25(26(24)29-4)31-16-30-23/h6,8,14,19,21H,5,7,9-13,15-16H2,1-4H3/p+1/t19-,21+/m1/s1. The molecular formula is C26H36NO4+. The van der Waals surface area contributed by atoms with Crippen LogP contribution < -0.4 is 19.1 Å². The van der Waals surface area contributed by atoms with Gasteiger partial charge in [-0.1, -0.05) is 23.3 Å². The van der Waals surface area contributed by atoms with Crippen molar-refractivity contribution in [2.24, 2.45) is 5.92 Å². The minimum absolute atomic E-state index is 0.101. The summed E-state index contributed by atoms with van der Waals surface area (Å²) in [6.45, 7) is 5.53. The molecule has 0 fully saturated rings. The monoisotopic (exact) mass is 426 g/mol. The van der Waals surface area contributed by atoms with Crippen LogP contribution in [0.15, 0.2) is 29.4 Å². The lowest BCUT2D eigenvalue weighted by molar-refractivity contribution is -0.914. The molecule has 0 saturated carbocycles. The zero-order chi connectivity index (χ0) is 22.0. The van der Waals surface area contributed by atoms with E-state index in [9.17, 15) is 4.79 Å². The van der Waals surface area contributed by atoms with E-state index in [0.29, 0.717) is 18.0 Å². The van der Waals surface area contributed by atoms with E-state index in [1.54, 1.807) is 7.11 Å². The number of carbonyl (C=O) groups is 1. The van der Waals surface area contributed by atoms with Crippen molar-refractivity contribution in [3.63, 3.8) is 0 Å². The van der Waals surface area contributed by atoms with Gasteiger partial charge in [0.2, 0.25) is 12.5 Å². The van der Waals surface area contributed by atoms with E-state index in [4.69, 9.17) is 14.2 Å². The lowest BCUT2D eigenvalue weighted by Gasteiger charge is -2.33. The molecule has 0 aromatic heterocycles. The maximum Gasteiger partial charge on any atom is 0.231 e. The maximum atomic E-state index is 13.3. The molecule has 1 N–H and O–H groups in total. The number of benzene rings is 1. The summed E-state index contributed by atoms with van der Waals surface area (Å²) in [6, 6.07) is 2.19. The Bertz CT molecular complexity index is 897. The fourth-order valence-electron chi connectivity index (χ4n) is 5.22. The molecule has 3 aliphatic rings. The summed E-state index contributed by atoms with van der Waals surface area (Å²) in [6.07, 6.45) is 11.3. The van der Waals surface area contributed by atoms with Crippen LogP contribution in [0.4, 0.5) is 0 Å². The number of likely N-dealkylation sites (N-methyl/N-ethyl adjacent to an activating group) is 1. The highest BCUT2D eigenvalue weighted by atomic mass is 16.7. The molecule has 0 radical (unpaired) electrons. The van der Waals surface area contributed by atoms with Crippen LogP contribution in [0.5, 0.6) is 17.2 Å². The number of methoxy groups -OCH3 is 1. The Morgan fingerprint density at radius 1 is 1.29 bits per heavy atom. The van der Waals surface area contributed by atoms with Gasteiger partial charge in [0.25, 0.3) is 0 Å². The molecular weight excluding hydrogens is 390 g/mol. The van der Waals surface area contributed by atoms with Gasteiger partial charge in [0.1, 0.15) is 11.8 Å². The summed E-state index contributed by atoms with van der Waals surface area (Å²) < 4.78 is 17.1. The molecule has 2 aliphatic heterocycles. The van der Waals surface area contributed by atoms with Gasteiger partial charge in [-0.25, -0.2) is 0 Å². The summed E-state index contributed by atoms with van der Waals surface area (Å²) in [5, 5.41) is 0. The fraction of sp³-hybridized carbons (Fsp3) is 0.577. The van der Waals surface area contributed by atoms with Crippen LogP contribution in [0.1, 0.15) is 69.5 Å². The zero-order valence-electron chi connectivity index (χ0n) is 19.4. The minimum Gasteiger partial charge on any atom is -0.492 e. The van der Waals surface area contributed by atoms with E-state index in [0.717, 1.165) is 62.1 Å². The van der Waals surface area contributed by atoms with Crippen molar-refractivity contribution in [3.8, 4) is 17.2 Å². The summed E-state index contributed by atoms with van der Waals surface area (Å²) in [5.74, 6) is 2.74. The van der Waals surface area contributed by atoms with Crippen LogP contribution in [-0.2, 0) is 11.2 Å². The van der Waals surface area contributed by atoms with Gasteiger partial charge in [0.05, 0.1) is 32.7 Å². The van der Waals surface area contributed by atoms with Gasteiger partial charge < -0.3 is 19.1 Å². The van der Waals surface area contributed by atoms with Crippen molar-refractivity contribution in [3.05, 3.63) is 40.5 Å². The van der Waals surface area contributed by atoms with Gasteiger partial charge in [0, 0.05) is 12.3 Å². The number of quaternary nitrogens is 1. The highest BCUT2D eigenvalue weighted by Crippen LogP contribution is 2.48. The van der Waals surface area contributed by atoms with E-state index in [1.165, 1.54) is 21.6 Å². The molecule has 5 nitrogen and oxygen atoms in total. The SMILES string of the molecule is COc1c2c(cc3c1[C@H](CC(=O)[C@@H]1CC=C(CCC=C(C)C)CC1)[NH+](C)CC3)OCO2. The number of carbonyl (C=O) groups excluding carboxylic acids is 1. The molecule has 1 aromatic rings. The quantitative estimate of drug-likeness (QED) is 0.671. The molecule has 4 rings (SSSR count). The first-order valence-electron chi connectivity index (χ1n) is 11.6. The number of hydrogen-bond acceptors (Lipinski definition) is 4. The molecule has 1 aliphatic carbocycles. The highest BCUT2D eigenvalue weighted by molar-refractivity contribution is 5.82. The number of Topliss-reactive ketones (excluding diaryl/α,β-unsaturated/α-hetero) is 1. The van der Waals surface area contributed by atoms with E-state index in [1.807, 2.05) is 0 Å². The summed E-state index contributed by atoms with van der Waals surface area (Å²) in [5.41, 5.74) is 5.26. The number of allylic oxidation sites excluding steroid dienone is 4. The third-order valence-corrected chi connectivity index (χ3v) is 7.06. The Hall–Kier alpha value is -2.27. The molecule has 168 valence electrons. The molecule has 0 amide bonds. The number of ether oxygens (including phenoxy) is 3. The lowest BCUT2D eigenvalue weighted by atomic mass is 9.81. The van der Waals surface area contributed by atoms with E-state index >= 15 is 0 Å². The van der Waals surface area contributed by atoms with Gasteiger partial charge in [-0.2, -0.15) is 0 Å². The summed E-state index contributed by atoms with van der Waals surface area (Å²) in [4.78, 5) is 14.7. The molecule has 0 saturated heterocycles. The first-order chi connectivity index (χ1) is 15.0. The van der Waals surface area contributed by atoms with Gasteiger partial charge in [0.15, 0.2) is 11.5 Å². The second-order valence-electron chi connectivity index (χ2n) is 9.44. The van der Waals surface area contributed by atoms with Crippen LogP contribution >= 0.6 is 0 Å². The predicted molar refractivity (Wildman–Crippen MR) is 121 cm³/mol. The number of fused-ring (bicyclic) bond motifs is 2. The third kappa shape index (κ3) is 4.67. The topological polar surface area (TPSA) is 49.2 Å². The first-order valence-corrected chi connectivity index (χ1v) is 11.6. The lowest BCUT2D eigenvalue weighted by Crippen LogP contribution is -3.10. The molecule has 5 heteroatoms. The molecule has 31 heavy (non-hydrogen) atoms. The van der Waals surface area contributed by atoms with Crippen LogP contribution in [0, 0.1) is 5.92 Å². The van der Waals surface area contributed by atoms with E-state index in [-0.39, 0.29) is 18.8 Å². The number of hydrogen-bond donors (Lipinski definition) is 1. The van der Waals surface area contributed by atoms with Crippen molar-refractivity contribution in [2.45, 2.75) is 64.8 Å². The molecule has 3 atom stereocenters. The number of ketones is 1. The first kappa shape index (κ1) is 21.9. The van der Waals surface area contributed by atoms with Crippen LogP contribution in [0.25, 0.3) is 0 Å². The van der Waals surface area contributed by atoms with Gasteiger partial charge >= 0.3 is 0 Å². The average Bonchev–Trinajstić information content (AvgIpc) is 3.22. The fourth-order valence-corrected chi connectivity index (χ4v) is 5.22. The Morgan fingerprint density at radius 2 is 2.13 bits per heavy atom. The van der Waals surface area contributed by atoms with Crippen LogP contribution in [-0.4, -0.2) is 33.3 Å². The molecule has 0 bridgehead atoms. The number of nitrogens with one attached hydrogen (secondary N) is 1. The normalized spacial score (nSPS) is 24.3. The van der Waals surface area contributed by atoms with Crippen molar-refractivity contribution in [1.29, 1.82) is 0 Å². The Morgan fingerprint density at radius 3 is 2.84 bits per heavy atom. The maximum absolute atomic E-state index is 13.3. The zero-order valence-corrected chi connectivity index (χ0v) is 19.4. The highest BCUT2D eigenvalue weighted by Gasteiger charge is 2.38. The van der Waals surface area contributed by atoms with Crippen molar-refractivity contribution in [2.75, 3.05) is 27.5 Å². The summed E-state index contributed by atoms with van der Waals surface area (Å²) in [7, 11) is 3.87. The Labute approximate surface area is 186 Å². The van der Waals surface area contributed by atoms with Crippen molar-refractivity contribution >= 4 is 5.78 Å². The van der Waals surface area contributed by atoms with E-state index in [2.05, 4.69) is 39.1 Å². The molecule has 1 unspecified atom stereocenters. The second-order valence-corrected chi connectivity index (χ2v) is 9.44. The summed E-state index contributed by atoms with van der Waals surface area (Å²) >= 11 is 0. The van der Waals surface area contributed by atoms with Crippen molar-refractivity contribution < 1.29 is 23.9 Å². The Balaban J connectivity index is 1.47. The average molecular weight is 427 g/mol. The van der Waals surface area contributed by atoms with Crippen LogP contribution in [0.3, 0.4) is 0 Å². The minimum atomic E-state index is 0.101. The third-order valence-electron chi connectivity index (χ3n) is 7.06. The Kier molecular flexibility index (Phi) is 6.71. The molecule has 0 spiro atoms. The van der Waals surface area contributed by atoms with Crippen molar-refractivity contribution in [1.82, 2.24) is 0 Å². The molecule has 2 heterocycles. The second kappa shape index (κ2) is 9.47. The van der Waals surface area contributed by atoms with Gasteiger partial charge in [-0.05, 0) is 57.6 Å². The molecule has 1 aromatic carbocycles. The number of rotatable bonds is 7. The van der Waals surface area contributed by atoms with E-state index < -0.39 is 0 Å².